The average Bonchev–Trinajstić information content (AvgIpc) is 3.24. The molecule has 5 aromatic rings. The molecule has 5 rings (SSSR count). The average molecular weight is 477 g/mol. The molecule has 0 aliphatic heterocycles. The molecule has 3 heterocycles. The van der Waals surface area contributed by atoms with Crippen LogP contribution in [0.2, 0.25) is 5.02 Å². The first-order chi connectivity index (χ1) is 16.5. The monoisotopic (exact) mass is 476 g/mol. The van der Waals surface area contributed by atoms with Crippen molar-refractivity contribution in [2.75, 3.05) is 14.2 Å². The summed E-state index contributed by atoms with van der Waals surface area (Å²) >= 11 is 6.22. The lowest BCUT2D eigenvalue weighted by molar-refractivity contribution is 0.414. The molecule has 0 atom stereocenters. The molecule has 0 saturated carbocycles. The summed E-state index contributed by atoms with van der Waals surface area (Å²) in [5, 5.41) is 0.470. The summed E-state index contributed by atoms with van der Waals surface area (Å²) in [5.74, 6) is 1.41. The van der Waals surface area contributed by atoms with Crippen LogP contribution in [0.1, 0.15) is 11.1 Å². The number of aromatic nitrogens is 4. The Hall–Kier alpha value is -4.04. The van der Waals surface area contributed by atoms with Gasteiger partial charge in [-0.15, -0.1) is 0 Å². The van der Waals surface area contributed by atoms with Gasteiger partial charge in [-0.25, -0.2) is 9.78 Å². The SMILES string of the molecule is COc1ccc(Cn2c(=O)c3nc4ccc(Cl)cn4c3n(Cc3ccc(OC)cc3)c2=O)cc1. The Morgan fingerprint density at radius 3 is 1.91 bits per heavy atom. The van der Waals surface area contributed by atoms with Crippen molar-refractivity contribution in [3.8, 4) is 11.5 Å². The highest BCUT2D eigenvalue weighted by Gasteiger charge is 2.19. The molecule has 0 aliphatic carbocycles. The van der Waals surface area contributed by atoms with Crippen LogP contribution in [0, 0.1) is 0 Å². The van der Waals surface area contributed by atoms with E-state index in [4.69, 9.17) is 21.1 Å². The number of halogens is 1. The third-order valence-electron chi connectivity index (χ3n) is 5.72. The Balaban J connectivity index is 1.73. The van der Waals surface area contributed by atoms with Gasteiger partial charge in [-0.2, -0.15) is 0 Å². The van der Waals surface area contributed by atoms with E-state index >= 15 is 0 Å². The van der Waals surface area contributed by atoms with Gasteiger partial charge in [0.25, 0.3) is 5.56 Å². The van der Waals surface area contributed by atoms with Gasteiger partial charge in [0.2, 0.25) is 0 Å². The summed E-state index contributed by atoms with van der Waals surface area (Å²) in [6.07, 6.45) is 1.66. The quantitative estimate of drug-likeness (QED) is 0.374. The normalized spacial score (nSPS) is 11.3. The van der Waals surface area contributed by atoms with Gasteiger partial charge >= 0.3 is 5.69 Å². The van der Waals surface area contributed by atoms with Gasteiger partial charge in [0.15, 0.2) is 11.2 Å². The number of pyridine rings is 1. The second-order valence-electron chi connectivity index (χ2n) is 7.82. The Morgan fingerprint density at radius 2 is 1.35 bits per heavy atom. The predicted molar refractivity (Wildman–Crippen MR) is 130 cm³/mol. The highest BCUT2D eigenvalue weighted by atomic mass is 35.5. The molecule has 2 aromatic carbocycles. The molecule has 0 fully saturated rings. The van der Waals surface area contributed by atoms with E-state index in [1.165, 1.54) is 4.57 Å². The van der Waals surface area contributed by atoms with Gasteiger partial charge in [-0.1, -0.05) is 35.9 Å². The molecule has 0 N–H and O–H groups in total. The molecule has 172 valence electrons. The molecule has 9 heteroatoms. The van der Waals surface area contributed by atoms with Crippen molar-refractivity contribution < 1.29 is 9.47 Å². The summed E-state index contributed by atoms with van der Waals surface area (Å²) in [6.45, 7) is 0.345. The number of methoxy groups -OCH3 is 2. The minimum Gasteiger partial charge on any atom is -0.497 e. The minimum absolute atomic E-state index is 0.106. The van der Waals surface area contributed by atoms with Crippen molar-refractivity contribution >= 4 is 28.4 Å². The first-order valence-electron chi connectivity index (χ1n) is 10.6. The van der Waals surface area contributed by atoms with E-state index in [9.17, 15) is 9.59 Å². The van der Waals surface area contributed by atoms with Crippen LogP contribution in [0.3, 0.4) is 0 Å². The van der Waals surface area contributed by atoms with Gasteiger partial charge in [-0.05, 0) is 47.5 Å². The third kappa shape index (κ3) is 3.82. The van der Waals surface area contributed by atoms with Gasteiger partial charge in [-0.3, -0.25) is 18.3 Å². The number of hydrogen-bond donors (Lipinski definition) is 0. The van der Waals surface area contributed by atoms with Crippen LogP contribution in [0.4, 0.5) is 0 Å². The van der Waals surface area contributed by atoms with E-state index < -0.39 is 11.2 Å². The maximum Gasteiger partial charge on any atom is 0.333 e. The summed E-state index contributed by atoms with van der Waals surface area (Å²) in [6, 6.07) is 18.1. The molecule has 0 saturated heterocycles. The summed E-state index contributed by atoms with van der Waals surface area (Å²) in [7, 11) is 3.18. The Morgan fingerprint density at radius 1 is 0.794 bits per heavy atom. The lowest BCUT2D eigenvalue weighted by atomic mass is 10.2. The number of benzene rings is 2. The minimum atomic E-state index is -0.457. The fourth-order valence-electron chi connectivity index (χ4n) is 3.97. The first kappa shape index (κ1) is 21.8. The van der Waals surface area contributed by atoms with Crippen LogP contribution >= 0.6 is 11.6 Å². The number of ether oxygens (including phenoxy) is 2. The first-order valence-corrected chi connectivity index (χ1v) is 10.9. The van der Waals surface area contributed by atoms with Crippen LogP contribution in [-0.2, 0) is 13.1 Å². The maximum absolute atomic E-state index is 13.7. The third-order valence-corrected chi connectivity index (χ3v) is 5.95. The molecular weight excluding hydrogens is 456 g/mol. The van der Waals surface area contributed by atoms with Crippen molar-refractivity contribution in [2.45, 2.75) is 13.1 Å². The molecular formula is C25H21ClN4O4. The van der Waals surface area contributed by atoms with Crippen molar-refractivity contribution in [1.82, 2.24) is 18.5 Å². The fourth-order valence-corrected chi connectivity index (χ4v) is 4.13. The molecule has 3 aromatic heterocycles. The van der Waals surface area contributed by atoms with Crippen molar-refractivity contribution in [3.63, 3.8) is 0 Å². The number of nitrogens with zero attached hydrogens (tertiary/aromatic N) is 4. The van der Waals surface area contributed by atoms with Crippen molar-refractivity contribution in [3.05, 3.63) is 104 Å². The topological polar surface area (TPSA) is 79.8 Å². The molecule has 0 radical (unpaired) electrons. The molecule has 0 spiro atoms. The fraction of sp³-hybridized carbons (Fsp3) is 0.160. The van der Waals surface area contributed by atoms with Gasteiger partial charge in [0.05, 0.1) is 32.3 Å². The largest absolute Gasteiger partial charge is 0.497 e. The van der Waals surface area contributed by atoms with E-state index in [-0.39, 0.29) is 18.6 Å². The zero-order valence-electron chi connectivity index (χ0n) is 18.6. The molecule has 34 heavy (non-hydrogen) atoms. The zero-order valence-corrected chi connectivity index (χ0v) is 19.3. The van der Waals surface area contributed by atoms with Crippen LogP contribution in [0.15, 0.2) is 76.4 Å². The standard InChI is InChI=1S/C25H21ClN4O4/c1-33-19-8-3-16(4-9-19)13-29-23-22(27-21-12-7-18(26)15-28(21)23)24(31)30(25(29)32)14-17-5-10-20(34-2)11-6-17/h3-12,15H,13-14H2,1-2H3. The maximum atomic E-state index is 13.7. The number of rotatable bonds is 6. The van der Waals surface area contributed by atoms with E-state index in [1.807, 2.05) is 36.4 Å². The zero-order chi connectivity index (χ0) is 23.8. The summed E-state index contributed by atoms with van der Waals surface area (Å²) in [5.41, 5.74) is 1.89. The molecule has 0 bridgehead atoms. The van der Waals surface area contributed by atoms with E-state index in [0.29, 0.717) is 27.8 Å². The van der Waals surface area contributed by atoms with Crippen LogP contribution < -0.4 is 20.7 Å². The highest BCUT2D eigenvalue weighted by Crippen LogP contribution is 2.19. The summed E-state index contributed by atoms with van der Waals surface area (Å²) < 4.78 is 14.9. The number of fused-ring (bicyclic) bond motifs is 3. The van der Waals surface area contributed by atoms with Gasteiger partial charge < -0.3 is 9.47 Å². The molecule has 8 nitrogen and oxygen atoms in total. The molecule has 0 aliphatic rings. The Bertz CT molecular complexity index is 1620. The van der Waals surface area contributed by atoms with Crippen LogP contribution in [-0.4, -0.2) is 32.7 Å². The van der Waals surface area contributed by atoms with Crippen LogP contribution in [0.25, 0.3) is 16.8 Å². The van der Waals surface area contributed by atoms with Gasteiger partial charge in [0.1, 0.15) is 17.1 Å². The van der Waals surface area contributed by atoms with Crippen molar-refractivity contribution in [1.29, 1.82) is 0 Å². The smallest absolute Gasteiger partial charge is 0.333 e. The summed E-state index contributed by atoms with van der Waals surface area (Å²) in [4.78, 5) is 31.6. The van der Waals surface area contributed by atoms with Crippen molar-refractivity contribution in [2.24, 2.45) is 0 Å². The van der Waals surface area contributed by atoms with E-state index in [0.717, 1.165) is 11.1 Å². The lowest BCUT2D eigenvalue weighted by Crippen LogP contribution is -2.40. The van der Waals surface area contributed by atoms with Gasteiger partial charge in [0, 0.05) is 6.20 Å². The highest BCUT2D eigenvalue weighted by molar-refractivity contribution is 6.30. The molecule has 0 unspecified atom stereocenters. The predicted octanol–water partition coefficient (Wildman–Crippen LogP) is 3.58. The molecule has 0 amide bonds. The van der Waals surface area contributed by atoms with Crippen LogP contribution in [0.5, 0.6) is 11.5 Å². The number of imidazole rings is 1. The Kier molecular flexibility index (Phi) is 5.59. The number of hydrogen-bond acceptors (Lipinski definition) is 5. The second kappa shape index (κ2) is 8.72. The second-order valence-corrected chi connectivity index (χ2v) is 8.25. The lowest BCUT2D eigenvalue weighted by Gasteiger charge is -2.13. The Labute approximate surface area is 199 Å². The van der Waals surface area contributed by atoms with E-state index in [2.05, 4.69) is 4.98 Å². The van der Waals surface area contributed by atoms with E-state index in [1.54, 1.807) is 53.6 Å².